The summed E-state index contributed by atoms with van der Waals surface area (Å²) in [5, 5.41) is 14.0. The molecule has 0 unspecified atom stereocenters. The molecule has 1 aliphatic rings. The van der Waals surface area contributed by atoms with Crippen LogP contribution in [0.15, 0.2) is 56.6 Å². The van der Waals surface area contributed by atoms with Crippen LogP contribution in [0.25, 0.3) is 0 Å². The van der Waals surface area contributed by atoms with E-state index in [9.17, 15) is 19.5 Å². The molecule has 164 valence electrons. The van der Waals surface area contributed by atoms with Crippen molar-refractivity contribution in [2.24, 2.45) is 5.10 Å². The second kappa shape index (κ2) is 8.80. The van der Waals surface area contributed by atoms with Gasteiger partial charge in [0.1, 0.15) is 11.5 Å². The highest BCUT2D eigenvalue weighted by Crippen LogP contribution is 2.30. The summed E-state index contributed by atoms with van der Waals surface area (Å²) >= 11 is 0. The Balaban J connectivity index is 1.50. The van der Waals surface area contributed by atoms with E-state index in [0.29, 0.717) is 35.4 Å². The fourth-order valence-corrected chi connectivity index (χ4v) is 3.48. The first-order chi connectivity index (χ1) is 15.5. The van der Waals surface area contributed by atoms with Crippen LogP contribution in [0.4, 0.5) is 0 Å². The summed E-state index contributed by atoms with van der Waals surface area (Å²) in [5.41, 5.74) is 8.87. The maximum absolute atomic E-state index is 12.6. The summed E-state index contributed by atoms with van der Waals surface area (Å²) in [7, 11) is 0. The molecule has 0 radical (unpaired) electrons. The van der Waals surface area contributed by atoms with Gasteiger partial charge >= 0.3 is 11.8 Å². The van der Waals surface area contributed by atoms with Crippen molar-refractivity contribution in [2.45, 2.75) is 26.2 Å². The maximum atomic E-state index is 12.6. The minimum atomic E-state index is -0.630. The van der Waals surface area contributed by atoms with Crippen LogP contribution >= 0.6 is 0 Å². The molecule has 0 spiro atoms. The van der Waals surface area contributed by atoms with Gasteiger partial charge in [-0.15, -0.1) is 0 Å². The van der Waals surface area contributed by atoms with Crippen LogP contribution < -0.4 is 16.3 Å². The number of fused-ring (bicyclic) bond motifs is 1. The molecule has 2 aromatic heterocycles. The summed E-state index contributed by atoms with van der Waals surface area (Å²) in [5.74, 6) is -1.27. The second-order valence-electron chi connectivity index (χ2n) is 7.11. The number of rotatable bonds is 4. The van der Waals surface area contributed by atoms with Gasteiger partial charge in [0.05, 0.1) is 17.5 Å². The van der Waals surface area contributed by atoms with Crippen LogP contribution in [0.3, 0.4) is 0 Å². The molecular formula is C22H20N4O6. The number of hydrazine groups is 1. The molecule has 3 amide bonds. The average Bonchev–Trinajstić information content (AvgIpc) is 3.45. The molecule has 0 bridgehead atoms. The number of phenols is 1. The number of amides is 3. The largest absolute Gasteiger partial charge is 0.507 e. The van der Waals surface area contributed by atoms with E-state index in [1.807, 2.05) is 0 Å². The van der Waals surface area contributed by atoms with Crippen molar-refractivity contribution in [3.05, 3.63) is 76.6 Å². The fourth-order valence-electron chi connectivity index (χ4n) is 3.48. The number of aryl methyl sites for hydroxylation is 1. The van der Waals surface area contributed by atoms with Gasteiger partial charge in [-0.2, -0.15) is 5.10 Å². The minimum Gasteiger partial charge on any atom is -0.507 e. The molecule has 0 saturated carbocycles. The van der Waals surface area contributed by atoms with E-state index in [-0.39, 0.29) is 22.8 Å². The number of hydrogen-bond acceptors (Lipinski definition) is 7. The Kier molecular flexibility index (Phi) is 5.75. The van der Waals surface area contributed by atoms with Crippen LogP contribution in [-0.2, 0) is 6.42 Å². The third-order valence-electron chi connectivity index (χ3n) is 5.01. The fraction of sp³-hybridized carbons (Fsp3) is 0.182. The van der Waals surface area contributed by atoms with E-state index in [1.165, 1.54) is 24.5 Å². The van der Waals surface area contributed by atoms with Crippen LogP contribution in [0, 0.1) is 6.92 Å². The molecule has 10 nitrogen and oxygen atoms in total. The SMILES string of the molecule is Cc1c(C(=O)NNC(=O)c2ccco2)oc2c1/C(=N/NC(=O)c1ccccc1O)CCC2. The van der Waals surface area contributed by atoms with Gasteiger partial charge in [-0.1, -0.05) is 12.1 Å². The molecule has 2 heterocycles. The number of carbonyl (C=O) groups excluding carboxylic acids is 3. The van der Waals surface area contributed by atoms with E-state index in [4.69, 9.17) is 8.83 Å². The Hall–Kier alpha value is -4.34. The lowest BCUT2D eigenvalue weighted by atomic mass is 9.93. The van der Waals surface area contributed by atoms with Crippen molar-refractivity contribution in [1.29, 1.82) is 0 Å². The summed E-state index contributed by atoms with van der Waals surface area (Å²) < 4.78 is 10.7. The molecule has 4 N–H and O–H groups in total. The number of benzene rings is 1. The molecule has 10 heteroatoms. The van der Waals surface area contributed by atoms with Gasteiger partial charge < -0.3 is 13.9 Å². The van der Waals surface area contributed by atoms with Crippen LogP contribution in [0.2, 0.25) is 0 Å². The number of nitrogens with one attached hydrogen (secondary N) is 3. The van der Waals surface area contributed by atoms with Gasteiger partial charge in [-0.25, -0.2) is 5.43 Å². The topological polar surface area (TPSA) is 146 Å². The first-order valence-electron chi connectivity index (χ1n) is 9.87. The summed E-state index contributed by atoms with van der Waals surface area (Å²) in [6.07, 6.45) is 3.25. The smallest absolute Gasteiger partial charge is 0.305 e. The first kappa shape index (κ1) is 20.9. The number of furan rings is 2. The molecule has 0 saturated heterocycles. The van der Waals surface area contributed by atoms with E-state index in [2.05, 4.69) is 21.4 Å². The van der Waals surface area contributed by atoms with Gasteiger partial charge in [-0.3, -0.25) is 25.2 Å². The third kappa shape index (κ3) is 4.10. The molecule has 32 heavy (non-hydrogen) atoms. The Bertz CT molecular complexity index is 1210. The van der Waals surface area contributed by atoms with Crippen molar-refractivity contribution < 1.29 is 28.3 Å². The van der Waals surface area contributed by atoms with Crippen molar-refractivity contribution in [3.63, 3.8) is 0 Å². The number of nitrogens with zero attached hydrogens (tertiary/aromatic N) is 1. The molecule has 0 fully saturated rings. The first-order valence-corrected chi connectivity index (χ1v) is 9.87. The number of carbonyl (C=O) groups is 3. The van der Waals surface area contributed by atoms with E-state index < -0.39 is 17.7 Å². The summed E-state index contributed by atoms with van der Waals surface area (Å²) in [4.78, 5) is 36.9. The predicted molar refractivity (Wildman–Crippen MR) is 112 cm³/mol. The predicted octanol–water partition coefficient (Wildman–Crippen LogP) is 2.43. The number of phenolic OH excluding ortho intramolecular Hbond substituents is 1. The van der Waals surface area contributed by atoms with Crippen molar-refractivity contribution in [1.82, 2.24) is 16.3 Å². The van der Waals surface area contributed by atoms with Gasteiger partial charge in [0.15, 0.2) is 11.5 Å². The Morgan fingerprint density at radius 2 is 1.78 bits per heavy atom. The second-order valence-corrected chi connectivity index (χ2v) is 7.11. The van der Waals surface area contributed by atoms with Gasteiger partial charge in [0, 0.05) is 17.5 Å². The maximum Gasteiger partial charge on any atom is 0.305 e. The highest BCUT2D eigenvalue weighted by atomic mass is 16.4. The highest BCUT2D eigenvalue weighted by Gasteiger charge is 2.28. The normalized spacial score (nSPS) is 14.0. The Morgan fingerprint density at radius 1 is 1.00 bits per heavy atom. The third-order valence-corrected chi connectivity index (χ3v) is 5.01. The zero-order valence-corrected chi connectivity index (χ0v) is 17.1. The molecule has 0 atom stereocenters. The number of para-hydroxylation sites is 1. The zero-order chi connectivity index (χ0) is 22.7. The molecule has 0 aliphatic heterocycles. The number of hydrogen-bond donors (Lipinski definition) is 4. The molecule has 4 rings (SSSR count). The lowest BCUT2D eigenvalue weighted by molar-refractivity contribution is 0.0815. The Labute approximate surface area is 182 Å². The van der Waals surface area contributed by atoms with Crippen molar-refractivity contribution in [2.75, 3.05) is 0 Å². The monoisotopic (exact) mass is 436 g/mol. The summed E-state index contributed by atoms with van der Waals surface area (Å²) in [6, 6.07) is 9.17. The van der Waals surface area contributed by atoms with Gasteiger partial charge in [-0.05, 0) is 44.0 Å². The standard InChI is InChI=1S/C22H20N4O6/c1-12-18-14(23-24-20(28)13-6-2-3-8-15(13)27)7-4-9-16(18)32-19(12)22(30)26-25-21(29)17-10-5-11-31-17/h2-3,5-6,8,10-11,27H,4,7,9H2,1H3,(H,24,28)(H,25,29)(H,26,30)/b23-14+. The van der Waals surface area contributed by atoms with Crippen LogP contribution in [0.5, 0.6) is 5.75 Å². The zero-order valence-electron chi connectivity index (χ0n) is 17.1. The van der Waals surface area contributed by atoms with Crippen LogP contribution in [0.1, 0.15) is 61.2 Å². The quantitative estimate of drug-likeness (QED) is 0.462. The number of aromatic hydroxyl groups is 1. The van der Waals surface area contributed by atoms with Crippen molar-refractivity contribution in [3.8, 4) is 5.75 Å². The lowest BCUT2D eigenvalue weighted by Crippen LogP contribution is -2.41. The van der Waals surface area contributed by atoms with Gasteiger partial charge in [0.2, 0.25) is 0 Å². The lowest BCUT2D eigenvalue weighted by Gasteiger charge is -2.13. The minimum absolute atomic E-state index is 0.0383. The Morgan fingerprint density at radius 3 is 2.53 bits per heavy atom. The highest BCUT2D eigenvalue weighted by molar-refractivity contribution is 6.07. The molecule has 3 aromatic rings. The molecular weight excluding hydrogens is 416 g/mol. The van der Waals surface area contributed by atoms with E-state index in [1.54, 1.807) is 25.1 Å². The van der Waals surface area contributed by atoms with Crippen LogP contribution in [-0.4, -0.2) is 28.5 Å². The van der Waals surface area contributed by atoms with E-state index in [0.717, 1.165) is 6.42 Å². The van der Waals surface area contributed by atoms with Crippen molar-refractivity contribution >= 4 is 23.4 Å². The van der Waals surface area contributed by atoms with Gasteiger partial charge in [0.25, 0.3) is 5.91 Å². The molecule has 1 aromatic carbocycles. The van der Waals surface area contributed by atoms with E-state index >= 15 is 0 Å². The summed E-state index contributed by atoms with van der Waals surface area (Å²) in [6.45, 7) is 1.71. The molecule has 1 aliphatic carbocycles. The number of hydrazone groups is 1. The average molecular weight is 436 g/mol.